The summed E-state index contributed by atoms with van der Waals surface area (Å²) in [6, 6.07) is 6.42. The number of halogens is 2. The third-order valence-electron chi connectivity index (χ3n) is 3.47. The highest BCUT2D eigenvalue weighted by Crippen LogP contribution is 2.33. The third kappa shape index (κ3) is 3.68. The van der Waals surface area contributed by atoms with Crippen LogP contribution in [0.25, 0.3) is 0 Å². The van der Waals surface area contributed by atoms with Crippen molar-refractivity contribution < 1.29 is 0 Å². The molecule has 0 saturated heterocycles. The number of nitrogens with one attached hydrogen (secondary N) is 1. The Kier molecular flexibility index (Phi) is 5.85. The summed E-state index contributed by atoms with van der Waals surface area (Å²) < 4.78 is 3.05. The van der Waals surface area contributed by atoms with Crippen molar-refractivity contribution in [3.8, 4) is 0 Å². The van der Waals surface area contributed by atoms with E-state index in [9.17, 15) is 0 Å². The first kappa shape index (κ1) is 16.5. The molecule has 1 N–H and O–H groups in total. The van der Waals surface area contributed by atoms with Crippen LogP contribution < -0.4 is 5.32 Å². The van der Waals surface area contributed by atoms with E-state index in [4.69, 9.17) is 11.6 Å². The summed E-state index contributed by atoms with van der Waals surface area (Å²) in [5.41, 5.74) is 3.45. The van der Waals surface area contributed by atoms with Crippen molar-refractivity contribution in [1.29, 1.82) is 0 Å². The topological polar surface area (TPSA) is 29.9 Å². The van der Waals surface area contributed by atoms with Gasteiger partial charge in [-0.15, -0.1) is 0 Å². The van der Waals surface area contributed by atoms with Crippen LogP contribution in [0.2, 0.25) is 5.02 Å². The van der Waals surface area contributed by atoms with Crippen molar-refractivity contribution in [3.63, 3.8) is 0 Å². The van der Waals surface area contributed by atoms with Gasteiger partial charge in [-0.2, -0.15) is 5.10 Å². The van der Waals surface area contributed by atoms with Crippen molar-refractivity contribution in [2.75, 3.05) is 6.54 Å². The minimum absolute atomic E-state index is 0.0363. The lowest BCUT2D eigenvalue weighted by Crippen LogP contribution is -2.26. The van der Waals surface area contributed by atoms with Gasteiger partial charge >= 0.3 is 0 Å². The summed E-state index contributed by atoms with van der Waals surface area (Å²) in [5.74, 6) is 0. The summed E-state index contributed by atoms with van der Waals surface area (Å²) in [4.78, 5) is 0. The molecule has 0 aliphatic carbocycles. The molecule has 2 rings (SSSR count). The normalized spacial score (nSPS) is 12.6. The van der Waals surface area contributed by atoms with Gasteiger partial charge in [0.15, 0.2) is 0 Å². The van der Waals surface area contributed by atoms with Crippen LogP contribution in [-0.4, -0.2) is 16.3 Å². The van der Waals surface area contributed by atoms with Crippen molar-refractivity contribution >= 4 is 27.5 Å². The maximum Gasteiger partial charge on any atom is 0.0837 e. The molecule has 1 atom stereocenters. The SMILES string of the molecule is CCCNC(c1cc(C)ccc1Br)c1c(Cl)cnn1CC. The van der Waals surface area contributed by atoms with Gasteiger partial charge in [0.05, 0.1) is 23.0 Å². The molecular weight excluding hydrogens is 350 g/mol. The lowest BCUT2D eigenvalue weighted by atomic mass is 10.0. The van der Waals surface area contributed by atoms with Gasteiger partial charge < -0.3 is 5.32 Å². The Bertz CT molecular complexity index is 610. The Morgan fingerprint density at radius 1 is 1.38 bits per heavy atom. The van der Waals surface area contributed by atoms with Gasteiger partial charge in [0, 0.05) is 11.0 Å². The monoisotopic (exact) mass is 369 g/mol. The third-order valence-corrected chi connectivity index (χ3v) is 4.48. The number of benzene rings is 1. The van der Waals surface area contributed by atoms with E-state index in [0.717, 1.165) is 29.7 Å². The lowest BCUT2D eigenvalue weighted by Gasteiger charge is -2.22. The highest BCUT2D eigenvalue weighted by molar-refractivity contribution is 9.10. The van der Waals surface area contributed by atoms with Crippen LogP contribution in [0.5, 0.6) is 0 Å². The van der Waals surface area contributed by atoms with E-state index in [0.29, 0.717) is 5.02 Å². The number of hydrogen-bond donors (Lipinski definition) is 1. The second-order valence-corrected chi connectivity index (χ2v) is 6.37. The summed E-state index contributed by atoms with van der Waals surface area (Å²) in [6.45, 7) is 8.07. The van der Waals surface area contributed by atoms with Crippen LogP contribution >= 0.6 is 27.5 Å². The van der Waals surface area contributed by atoms with Gasteiger partial charge in [0.2, 0.25) is 0 Å². The van der Waals surface area contributed by atoms with E-state index in [-0.39, 0.29) is 6.04 Å². The molecule has 5 heteroatoms. The predicted octanol–water partition coefficient (Wildman–Crippen LogP) is 4.72. The van der Waals surface area contributed by atoms with E-state index in [1.54, 1.807) is 6.20 Å². The number of aromatic nitrogens is 2. The molecular formula is C16H21BrClN3. The molecule has 0 bridgehead atoms. The molecule has 0 aliphatic rings. The molecule has 1 heterocycles. The number of rotatable bonds is 6. The Labute approximate surface area is 139 Å². The minimum Gasteiger partial charge on any atom is -0.305 e. The first-order chi connectivity index (χ1) is 10.1. The molecule has 0 saturated carbocycles. The fourth-order valence-corrected chi connectivity index (χ4v) is 3.16. The zero-order valence-electron chi connectivity index (χ0n) is 12.7. The largest absolute Gasteiger partial charge is 0.305 e. The molecule has 0 aliphatic heterocycles. The predicted molar refractivity (Wildman–Crippen MR) is 91.9 cm³/mol. The number of aryl methyl sites for hydroxylation is 2. The van der Waals surface area contributed by atoms with Crippen LogP contribution in [-0.2, 0) is 6.54 Å². The molecule has 21 heavy (non-hydrogen) atoms. The quantitative estimate of drug-likeness (QED) is 0.797. The highest BCUT2D eigenvalue weighted by Gasteiger charge is 2.23. The molecule has 1 aromatic heterocycles. The zero-order chi connectivity index (χ0) is 15.4. The van der Waals surface area contributed by atoms with E-state index in [2.05, 4.69) is 65.3 Å². The molecule has 114 valence electrons. The van der Waals surface area contributed by atoms with Gasteiger partial charge in [-0.1, -0.05) is 52.2 Å². The first-order valence-corrected chi connectivity index (χ1v) is 8.46. The van der Waals surface area contributed by atoms with Crippen LogP contribution in [0, 0.1) is 6.92 Å². The van der Waals surface area contributed by atoms with E-state index in [1.807, 2.05) is 4.68 Å². The Morgan fingerprint density at radius 3 is 2.81 bits per heavy atom. The molecule has 0 fully saturated rings. The van der Waals surface area contributed by atoms with E-state index in [1.165, 1.54) is 11.1 Å². The van der Waals surface area contributed by atoms with E-state index < -0.39 is 0 Å². The fraction of sp³-hybridized carbons (Fsp3) is 0.438. The first-order valence-electron chi connectivity index (χ1n) is 7.29. The van der Waals surface area contributed by atoms with Gasteiger partial charge in [-0.05, 0) is 38.4 Å². The van der Waals surface area contributed by atoms with Crippen molar-refractivity contribution in [2.45, 2.75) is 39.8 Å². The van der Waals surface area contributed by atoms with Gasteiger partial charge in [0.25, 0.3) is 0 Å². The number of hydrogen-bond acceptors (Lipinski definition) is 2. The summed E-state index contributed by atoms with van der Waals surface area (Å²) in [7, 11) is 0. The Balaban J connectivity index is 2.52. The smallest absolute Gasteiger partial charge is 0.0837 e. The lowest BCUT2D eigenvalue weighted by molar-refractivity contribution is 0.528. The Hall–Kier alpha value is -0.840. The van der Waals surface area contributed by atoms with Crippen molar-refractivity contribution in [1.82, 2.24) is 15.1 Å². The average molecular weight is 371 g/mol. The van der Waals surface area contributed by atoms with E-state index >= 15 is 0 Å². The summed E-state index contributed by atoms with van der Waals surface area (Å²) >= 11 is 10.1. The molecule has 3 nitrogen and oxygen atoms in total. The zero-order valence-corrected chi connectivity index (χ0v) is 15.0. The van der Waals surface area contributed by atoms with Gasteiger partial charge in [-0.3, -0.25) is 4.68 Å². The van der Waals surface area contributed by atoms with Crippen molar-refractivity contribution in [2.24, 2.45) is 0 Å². The highest BCUT2D eigenvalue weighted by atomic mass is 79.9. The fourth-order valence-electron chi connectivity index (χ4n) is 2.44. The standard InChI is InChI=1S/C16H21BrClN3/c1-4-8-19-15(12-9-11(3)6-7-13(12)17)16-14(18)10-20-21(16)5-2/h6-7,9-10,15,19H,4-5,8H2,1-3H3. The van der Waals surface area contributed by atoms with Crippen LogP contribution in [0.1, 0.15) is 43.1 Å². The summed E-state index contributed by atoms with van der Waals surface area (Å²) in [5, 5.41) is 8.67. The number of nitrogens with zero attached hydrogens (tertiary/aromatic N) is 2. The van der Waals surface area contributed by atoms with Crippen LogP contribution in [0.4, 0.5) is 0 Å². The summed E-state index contributed by atoms with van der Waals surface area (Å²) in [6.07, 6.45) is 2.79. The molecule has 0 radical (unpaired) electrons. The maximum absolute atomic E-state index is 6.40. The van der Waals surface area contributed by atoms with Crippen molar-refractivity contribution in [3.05, 3.63) is 50.7 Å². The second kappa shape index (κ2) is 7.43. The minimum atomic E-state index is 0.0363. The second-order valence-electron chi connectivity index (χ2n) is 5.11. The Morgan fingerprint density at radius 2 is 2.14 bits per heavy atom. The molecule has 1 unspecified atom stereocenters. The molecule has 0 spiro atoms. The molecule has 1 aromatic carbocycles. The molecule has 0 amide bonds. The van der Waals surface area contributed by atoms with Gasteiger partial charge in [-0.25, -0.2) is 0 Å². The molecule has 2 aromatic rings. The average Bonchev–Trinajstić information content (AvgIpc) is 2.84. The van der Waals surface area contributed by atoms with Crippen LogP contribution in [0.3, 0.4) is 0 Å². The van der Waals surface area contributed by atoms with Crippen LogP contribution in [0.15, 0.2) is 28.9 Å². The van der Waals surface area contributed by atoms with Gasteiger partial charge in [0.1, 0.15) is 0 Å². The maximum atomic E-state index is 6.40.